The molecule has 0 radical (unpaired) electrons. The molecule has 5 rings (SSSR count). The zero-order valence-corrected chi connectivity index (χ0v) is 15.7. The van der Waals surface area contributed by atoms with Gasteiger partial charge in [-0.25, -0.2) is 0 Å². The van der Waals surface area contributed by atoms with Crippen LogP contribution >= 0.6 is 23.1 Å². The number of hydrogen-bond donors (Lipinski definition) is 0. The average Bonchev–Trinajstić information content (AvgIpc) is 3.32. The fourth-order valence-corrected chi connectivity index (χ4v) is 5.35. The molecule has 0 aliphatic carbocycles. The molecular formula is C19H14N4O2S2. The summed E-state index contributed by atoms with van der Waals surface area (Å²) in [6.07, 6.45) is 0.188. The molecule has 2 aromatic heterocycles. The van der Waals surface area contributed by atoms with E-state index in [1.165, 1.54) is 16.7 Å². The highest BCUT2D eigenvalue weighted by Crippen LogP contribution is 2.35. The second kappa shape index (κ2) is 6.47. The van der Waals surface area contributed by atoms with E-state index in [0.29, 0.717) is 11.7 Å². The third-order valence-electron chi connectivity index (χ3n) is 4.54. The second-order valence-corrected chi connectivity index (χ2v) is 8.46. The van der Waals surface area contributed by atoms with Crippen LogP contribution in [0.25, 0.3) is 15.2 Å². The van der Waals surface area contributed by atoms with Crippen LogP contribution in [0, 0.1) is 0 Å². The first kappa shape index (κ1) is 16.5. The lowest BCUT2D eigenvalue weighted by Gasteiger charge is -2.14. The molecule has 0 N–H and O–H groups in total. The van der Waals surface area contributed by atoms with Gasteiger partial charge in [0.2, 0.25) is 16.8 Å². The van der Waals surface area contributed by atoms with Crippen molar-refractivity contribution in [1.29, 1.82) is 0 Å². The predicted octanol–water partition coefficient (Wildman–Crippen LogP) is 3.36. The smallest absolute Gasteiger partial charge is 0.243 e. The quantitative estimate of drug-likeness (QED) is 0.497. The molecule has 1 fully saturated rings. The van der Waals surface area contributed by atoms with E-state index >= 15 is 0 Å². The molecule has 1 aliphatic heterocycles. The fraction of sp³-hybridized carbons (Fsp3) is 0.158. The summed E-state index contributed by atoms with van der Waals surface area (Å²) < 4.78 is 3.08. The van der Waals surface area contributed by atoms with Crippen molar-refractivity contribution in [2.45, 2.75) is 23.4 Å². The van der Waals surface area contributed by atoms with Crippen molar-refractivity contribution in [2.24, 2.45) is 0 Å². The van der Waals surface area contributed by atoms with Crippen molar-refractivity contribution in [3.63, 3.8) is 0 Å². The molecule has 134 valence electrons. The summed E-state index contributed by atoms with van der Waals surface area (Å²) in [7, 11) is 0. The minimum atomic E-state index is -0.465. The van der Waals surface area contributed by atoms with E-state index in [1.54, 1.807) is 11.3 Å². The number of aromatic nitrogens is 3. The minimum Gasteiger partial charge on any atom is -0.277 e. The number of carbonyl (C=O) groups excluding carboxylic acids is 2. The van der Waals surface area contributed by atoms with Gasteiger partial charge in [0.05, 0.1) is 16.8 Å². The molecular weight excluding hydrogens is 380 g/mol. The Morgan fingerprint density at radius 2 is 1.81 bits per heavy atom. The van der Waals surface area contributed by atoms with E-state index in [9.17, 15) is 9.59 Å². The Bertz CT molecular complexity index is 1170. The summed E-state index contributed by atoms with van der Waals surface area (Å²) in [5.74, 6) is -0.303. The van der Waals surface area contributed by atoms with Gasteiger partial charge in [-0.3, -0.25) is 18.9 Å². The maximum Gasteiger partial charge on any atom is 0.243 e. The lowest BCUT2D eigenvalue weighted by molar-refractivity contribution is -0.138. The molecule has 0 bridgehead atoms. The Labute approximate surface area is 162 Å². The molecule has 2 amide bonds. The number of nitrogens with zero attached hydrogens (tertiary/aromatic N) is 4. The zero-order chi connectivity index (χ0) is 18.4. The highest BCUT2D eigenvalue weighted by atomic mass is 32.2. The Kier molecular flexibility index (Phi) is 3.95. The molecule has 1 aliphatic rings. The Hall–Kier alpha value is -2.71. The van der Waals surface area contributed by atoms with Gasteiger partial charge in [0.15, 0.2) is 5.16 Å². The van der Waals surface area contributed by atoms with Gasteiger partial charge in [-0.05, 0) is 17.7 Å². The number of amides is 2. The first-order valence-electron chi connectivity index (χ1n) is 8.48. The van der Waals surface area contributed by atoms with Crippen LogP contribution in [0.5, 0.6) is 0 Å². The van der Waals surface area contributed by atoms with E-state index in [-0.39, 0.29) is 18.2 Å². The third kappa shape index (κ3) is 2.81. The summed E-state index contributed by atoms with van der Waals surface area (Å²) in [5.41, 5.74) is 1.96. The number of likely N-dealkylation sites (tertiary alicyclic amines) is 1. The first-order valence-corrected chi connectivity index (χ1v) is 10.2. The lowest BCUT2D eigenvalue weighted by Crippen LogP contribution is -2.30. The van der Waals surface area contributed by atoms with E-state index in [2.05, 4.69) is 10.2 Å². The average molecular weight is 394 g/mol. The molecule has 1 saturated heterocycles. The van der Waals surface area contributed by atoms with Crippen molar-refractivity contribution in [3.05, 3.63) is 60.2 Å². The van der Waals surface area contributed by atoms with Crippen LogP contribution in [0.15, 0.2) is 59.8 Å². The van der Waals surface area contributed by atoms with Gasteiger partial charge in [-0.15, -0.1) is 10.2 Å². The zero-order valence-electron chi connectivity index (χ0n) is 14.1. The summed E-state index contributed by atoms with van der Waals surface area (Å²) >= 11 is 2.87. The van der Waals surface area contributed by atoms with Gasteiger partial charge in [-0.1, -0.05) is 65.6 Å². The van der Waals surface area contributed by atoms with E-state index in [0.717, 1.165) is 20.7 Å². The topological polar surface area (TPSA) is 67.6 Å². The number of thioether (sulfide) groups is 1. The standard InChI is InChI=1S/C19H14N4O2S2/c24-16-10-15(17(25)22(16)11-12-6-2-1-3-7-12)27-19-21-20-18-23(19)13-8-4-5-9-14(13)26-18/h1-9,15H,10-11H2/t15-/m0/s1. The first-order chi connectivity index (χ1) is 13.2. The number of hydrogen-bond acceptors (Lipinski definition) is 6. The van der Waals surface area contributed by atoms with Crippen LogP contribution in [0.2, 0.25) is 0 Å². The number of carbonyl (C=O) groups is 2. The third-order valence-corrected chi connectivity index (χ3v) is 6.68. The SMILES string of the molecule is O=C1C[C@H](Sc2nnc3sc4ccccc4n23)C(=O)N1Cc1ccccc1. The van der Waals surface area contributed by atoms with Crippen LogP contribution < -0.4 is 0 Å². The van der Waals surface area contributed by atoms with Gasteiger partial charge in [0.1, 0.15) is 5.25 Å². The highest BCUT2D eigenvalue weighted by Gasteiger charge is 2.40. The maximum absolute atomic E-state index is 12.8. The van der Waals surface area contributed by atoms with Crippen LogP contribution in [-0.2, 0) is 16.1 Å². The number of benzene rings is 2. The van der Waals surface area contributed by atoms with Crippen molar-refractivity contribution in [2.75, 3.05) is 0 Å². The van der Waals surface area contributed by atoms with E-state index < -0.39 is 5.25 Å². The Morgan fingerprint density at radius 3 is 2.67 bits per heavy atom. The molecule has 0 spiro atoms. The Morgan fingerprint density at radius 1 is 1.04 bits per heavy atom. The molecule has 4 aromatic rings. The van der Waals surface area contributed by atoms with Gasteiger partial charge in [0.25, 0.3) is 0 Å². The number of para-hydroxylation sites is 1. The molecule has 27 heavy (non-hydrogen) atoms. The molecule has 6 nitrogen and oxygen atoms in total. The Balaban J connectivity index is 1.42. The normalized spacial score (nSPS) is 17.5. The van der Waals surface area contributed by atoms with Gasteiger partial charge in [-0.2, -0.15) is 0 Å². The molecule has 3 heterocycles. The summed E-state index contributed by atoms with van der Waals surface area (Å²) in [5, 5.41) is 8.65. The molecule has 8 heteroatoms. The van der Waals surface area contributed by atoms with Crippen molar-refractivity contribution < 1.29 is 9.59 Å². The fourth-order valence-electron chi connectivity index (χ4n) is 3.24. The summed E-state index contributed by atoms with van der Waals surface area (Å²) in [6, 6.07) is 17.6. The van der Waals surface area contributed by atoms with Crippen molar-refractivity contribution in [1.82, 2.24) is 19.5 Å². The van der Waals surface area contributed by atoms with Gasteiger partial charge in [0, 0.05) is 6.42 Å². The number of rotatable bonds is 4. The summed E-state index contributed by atoms with van der Waals surface area (Å²) in [4.78, 5) is 27.4. The van der Waals surface area contributed by atoms with Gasteiger partial charge >= 0.3 is 0 Å². The van der Waals surface area contributed by atoms with Crippen molar-refractivity contribution in [3.8, 4) is 0 Å². The minimum absolute atomic E-state index is 0.141. The van der Waals surface area contributed by atoms with Crippen LogP contribution in [0.4, 0.5) is 0 Å². The van der Waals surface area contributed by atoms with E-state index in [1.807, 2.05) is 59.0 Å². The molecule has 0 unspecified atom stereocenters. The number of fused-ring (bicyclic) bond motifs is 3. The van der Waals surface area contributed by atoms with Crippen LogP contribution in [-0.4, -0.2) is 36.6 Å². The second-order valence-electron chi connectivity index (χ2n) is 6.28. The number of imide groups is 1. The highest BCUT2D eigenvalue weighted by molar-refractivity contribution is 8.00. The van der Waals surface area contributed by atoms with E-state index in [4.69, 9.17) is 0 Å². The largest absolute Gasteiger partial charge is 0.277 e. The summed E-state index contributed by atoms with van der Waals surface area (Å²) in [6.45, 7) is 0.312. The molecule has 1 atom stereocenters. The van der Waals surface area contributed by atoms with Gasteiger partial charge < -0.3 is 0 Å². The van der Waals surface area contributed by atoms with Crippen LogP contribution in [0.3, 0.4) is 0 Å². The monoisotopic (exact) mass is 394 g/mol. The molecule has 2 aromatic carbocycles. The number of thiazole rings is 1. The molecule has 0 saturated carbocycles. The van der Waals surface area contributed by atoms with Crippen molar-refractivity contribution >= 4 is 50.1 Å². The lowest BCUT2D eigenvalue weighted by atomic mass is 10.2. The predicted molar refractivity (Wildman–Crippen MR) is 105 cm³/mol. The maximum atomic E-state index is 12.8. The van der Waals surface area contributed by atoms with Crippen LogP contribution in [0.1, 0.15) is 12.0 Å².